The number of carbonyl (C=O) groups is 1. The molecule has 3 heterocycles. The van der Waals surface area contributed by atoms with E-state index in [9.17, 15) is 9.59 Å². The fraction of sp³-hybridized carbons (Fsp3) is 0.520. The van der Waals surface area contributed by atoms with Crippen LogP contribution in [-0.2, 0) is 4.79 Å². The van der Waals surface area contributed by atoms with E-state index in [1.807, 2.05) is 51.1 Å². The molecule has 1 saturated heterocycles. The predicted molar refractivity (Wildman–Crippen MR) is 133 cm³/mol. The molecular weight excluding hydrogens is 430 g/mol. The van der Waals surface area contributed by atoms with Crippen molar-refractivity contribution in [3.63, 3.8) is 0 Å². The summed E-state index contributed by atoms with van der Waals surface area (Å²) >= 11 is 0. The number of hydrogen-bond acceptors (Lipinski definition) is 6. The standard InChI is InChI=1S/C25H35N7O2/c1-5-21(24(33)26-12-13-30-16-14-29(6-2)15-17-30)32-25(34)22-19(4)31(20-10-8-7-9-11-20)28-23(22)18(3)27-32/h7-11,21H,5-6,12-17H2,1-4H3,(H,26,33)/t21-/m1/s1. The summed E-state index contributed by atoms with van der Waals surface area (Å²) < 4.78 is 3.11. The first kappa shape index (κ1) is 24.1. The van der Waals surface area contributed by atoms with Crippen molar-refractivity contribution in [2.24, 2.45) is 0 Å². The van der Waals surface area contributed by atoms with Gasteiger partial charge in [-0.3, -0.25) is 14.5 Å². The Labute approximate surface area is 200 Å². The van der Waals surface area contributed by atoms with Crippen molar-refractivity contribution in [1.82, 2.24) is 34.7 Å². The van der Waals surface area contributed by atoms with Gasteiger partial charge in [0.1, 0.15) is 11.6 Å². The van der Waals surface area contributed by atoms with Gasteiger partial charge in [0.15, 0.2) is 0 Å². The number of nitrogens with one attached hydrogen (secondary N) is 1. The molecule has 3 aromatic rings. The summed E-state index contributed by atoms with van der Waals surface area (Å²) in [6.45, 7) is 14.4. The van der Waals surface area contributed by atoms with E-state index in [4.69, 9.17) is 0 Å². The van der Waals surface area contributed by atoms with Crippen LogP contribution in [0.2, 0.25) is 0 Å². The van der Waals surface area contributed by atoms with Crippen molar-refractivity contribution >= 4 is 16.8 Å². The number of amides is 1. The zero-order valence-electron chi connectivity index (χ0n) is 20.6. The van der Waals surface area contributed by atoms with E-state index in [0.29, 0.717) is 29.6 Å². The van der Waals surface area contributed by atoms with E-state index in [-0.39, 0.29) is 11.5 Å². The SMILES string of the molecule is CC[C@H](C(=O)NCCN1CCN(CC)CC1)n1nc(C)c2nn(-c3ccccc3)c(C)c2c1=O. The van der Waals surface area contributed by atoms with Gasteiger partial charge in [-0.2, -0.15) is 10.2 Å². The number of benzene rings is 1. The van der Waals surface area contributed by atoms with Gasteiger partial charge in [0.05, 0.1) is 22.5 Å². The molecule has 1 aromatic carbocycles. The van der Waals surface area contributed by atoms with Gasteiger partial charge >= 0.3 is 0 Å². The van der Waals surface area contributed by atoms with Crippen LogP contribution in [0, 0.1) is 13.8 Å². The van der Waals surface area contributed by atoms with Crippen LogP contribution in [0.3, 0.4) is 0 Å². The molecule has 1 fully saturated rings. The minimum atomic E-state index is -0.660. The number of carbonyl (C=O) groups excluding carboxylic acids is 1. The number of aryl methyl sites for hydroxylation is 2. The molecule has 1 aliphatic rings. The van der Waals surface area contributed by atoms with Crippen LogP contribution in [0.1, 0.15) is 37.7 Å². The summed E-state index contributed by atoms with van der Waals surface area (Å²) in [5.41, 5.74) is 2.55. The molecule has 182 valence electrons. The third-order valence-corrected chi connectivity index (χ3v) is 6.76. The minimum absolute atomic E-state index is 0.170. The van der Waals surface area contributed by atoms with Gasteiger partial charge in [-0.1, -0.05) is 32.0 Å². The molecule has 1 aliphatic heterocycles. The highest BCUT2D eigenvalue weighted by Gasteiger charge is 2.25. The Morgan fingerprint density at radius 1 is 1.03 bits per heavy atom. The fourth-order valence-corrected chi connectivity index (χ4v) is 4.67. The normalized spacial score (nSPS) is 16.1. The lowest BCUT2D eigenvalue weighted by molar-refractivity contribution is -0.124. The second kappa shape index (κ2) is 10.5. The molecule has 9 nitrogen and oxygen atoms in total. The van der Waals surface area contributed by atoms with Crippen LogP contribution >= 0.6 is 0 Å². The Bertz CT molecular complexity index is 1190. The van der Waals surface area contributed by atoms with Crippen LogP contribution in [0.25, 0.3) is 16.6 Å². The van der Waals surface area contributed by atoms with E-state index in [0.717, 1.165) is 50.6 Å². The minimum Gasteiger partial charge on any atom is -0.353 e. The molecule has 0 unspecified atom stereocenters. The number of hydrogen-bond donors (Lipinski definition) is 1. The second-order valence-electron chi connectivity index (χ2n) is 8.88. The maximum atomic E-state index is 13.5. The molecule has 0 spiro atoms. The monoisotopic (exact) mass is 465 g/mol. The number of piperazine rings is 1. The summed E-state index contributed by atoms with van der Waals surface area (Å²) in [7, 11) is 0. The first-order chi connectivity index (χ1) is 16.4. The maximum Gasteiger partial charge on any atom is 0.278 e. The van der Waals surface area contributed by atoms with Crippen molar-refractivity contribution in [3.8, 4) is 5.69 Å². The maximum absolute atomic E-state index is 13.5. The molecule has 1 N–H and O–H groups in total. The van der Waals surface area contributed by atoms with Crippen LogP contribution in [0.15, 0.2) is 35.1 Å². The van der Waals surface area contributed by atoms with Crippen molar-refractivity contribution in [2.75, 3.05) is 45.8 Å². The average molecular weight is 466 g/mol. The Hall–Kier alpha value is -3.04. The fourth-order valence-electron chi connectivity index (χ4n) is 4.67. The van der Waals surface area contributed by atoms with Crippen LogP contribution in [0.5, 0.6) is 0 Å². The van der Waals surface area contributed by atoms with E-state index in [2.05, 4.69) is 32.2 Å². The van der Waals surface area contributed by atoms with E-state index in [1.165, 1.54) is 4.68 Å². The summed E-state index contributed by atoms with van der Waals surface area (Å²) in [5.74, 6) is -0.170. The van der Waals surface area contributed by atoms with E-state index < -0.39 is 6.04 Å². The number of aromatic nitrogens is 4. The number of likely N-dealkylation sites (N-methyl/N-ethyl adjacent to an activating group) is 1. The molecule has 0 aliphatic carbocycles. The van der Waals surface area contributed by atoms with Gasteiger partial charge in [0.2, 0.25) is 5.91 Å². The van der Waals surface area contributed by atoms with Gasteiger partial charge in [0.25, 0.3) is 5.56 Å². The number of para-hydroxylation sites is 1. The third kappa shape index (κ3) is 4.76. The van der Waals surface area contributed by atoms with Gasteiger partial charge in [-0.25, -0.2) is 9.36 Å². The molecule has 0 saturated carbocycles. The van der Waals surface area contributed by atoms with Crippen LogP contribution in [-0.4, -0.2) is 81.1 Å². The highest BCUT2D eigenvalue weighted by Crippen LogP contribution is 2.21. The topological polar surface area (TPSA) is 88.3 Å². The summed E-state index contributed by atoms with van der Waals surface area (Å²) in [6.07, 6.45) is 0.477. The Morgan fingerprint density at radius 2 is 1.71 bits per heavy atom. The molecule has 2 aromatic heterocycles. The van der Waals surface area contributed by atoms with Crippen molar-refractivity contribution < 1.29 is 4.79 Å². The Morgan fingerprint density at radius 3 is 2.35 bits per heavy atom. The summed E-state index contributed by atoms with van der Waals surface area (Å²) in [6, 6.07) is 9.05. The first-order valence-corrected chi connectivity index (χ1v) is 12.2. The van der Waals surface area contributed by atoms with E-state index >= 15 is 0 Å². The molecule has 1 amide bonds. The molecule has 4 rings (SSSR count). The quantitative estimate of drug-likeness (QED) is 0.547. The van der Waals surface area contributed by atoms with Gasteiger partial charge in [-0.15, -0.1) is 0 Å². The first-order valence-electron chi connectivity index (χ1n) is 12.2. The number of nitrogens with zero attached hydrogens (tertiary/aromatic N) is 6. The predicted octanol–water partition coefficient (Wildman–Crippen LogP) is 1.90. The Kier molecular flexibility index (Phi) is 7.43. The molecule has 0 bridgehead atoms. The van der Waals surface area contributed by atoms with Gasteiger partial charge in [0, 0.05) is 39.3 Å². The average Bonchev–Trinajstić information content (AvgIpc) is 3.21. The van der Waals surface area contributed by atoms with Crippen LogP contribution < -0.4 is 10.9 Å². The zero-order valence-corrected chi connectivity index (χ0v) is 20.6. The highest BCUT2D eigenvalue weighted by molar-refractivity contribution is 5.84. The highest BCUT2D eigenvalue weighted by atomic mass is 16.2. The third-order valence-electron chi connectivity index (χ3n) is 6.76. The largest absolute Gasteiger partial charge is 0.353 e. The summed E-state index contributed by atoms with van der Waals surface area (Å²) in [4.78, 5) is 31.4. The van der Waals surface area contributed by atoms with Crippen molar-refractivity contribution in [2.45, 2.75) is 40.2 Å². The second-order valence-corrected chi connectivity index (χ2v) is 8.88. The Balaban J connectivity index is 1.53. The number of fused-ring (bicyclic) bond motifs is 1. The van der Waals surface area contributed by atoms with Crippen LogP contribution in [0.4, 0.5) is 0 Å². The molecule has 1 atom stereocenters. The smallest absolute Gasteiger partial charge is 0.278 e. The lowest BCUT2D eigenvalue weighted by atomic mass is 10.2. The molecular formula is C25H35N7O2. The lowest BCUT2D eigenvalue weighted by Crippen LogP contribution is -2.48. The molecule has 0 radical (unpaired) electrons. The van der Waals surface area contributed by atoms with E-state index in [1.54, 1.807) is 4.68 Å². The lowest BCUT2D eigenvalue weighted by Gasteiger charge is -2.34. The zero-order chi connectivity index (χ0) is 24.2. The van der Waals surface area contributed by atoms with Gasteiger partial charge < -0.3 is 10.2 Å². The van der Waals surface area contributed by atoms with Gasteiger partial charge in [-0.05, 0) is 38.9 Å². The molecule has 9 heteroatoms. The summed E-state index contributed by atoms with van der Waals surface area (Å²) in [5, 5.41) is 12.7. The molecule has 34 heavy (non-hydrogen) atoms. The number of rotatable bonds is 8. The van der Waals surface area contributed by atoms with Crippen molar-refractivity contribution in [3.05, 3.63) is 52.1 Å². The van der Waals surface area contributed by atoms with Crippen molar-refractivity contribution in [1.29, 1.82) is 0 Å².